The lowest BCUT2D eigenvalue weighted by atomic mass is 9.97. The Morgan fingerprint density at radius 1 is 1.06 bits per heavy atom. The van der Waals surface area contributed by atoms with Crippen molar-refractivity contribution in [3.05, 3.63) is 89.5 Å². The van der Waals surface area contributed by atoms with Crippen LogP contribution in [0.2, 0.25) is 0 Å². The van der Waals surface area contributed by atoms with E-state index in [1.54, 1.807) is 19.1 Å². The predicted molar refractivity (Wildman–Crippen MR) is 122 cm³/mol. The zero-order valence-corrected chi connectivity index (χ0v) is 18.3. The third-order valence-corrected chi connectivity index (χ3v) is 5.52. The van der Waals surface area contributed by atoms with Crippen LogP contribution >= 0.6 is 0 Å². The molecule has 0 aliphatic rings. The van der Waals surface area contributed by atoms with Crippen LogP contribution < -0.4 is 5.32 Å². The second-order valence-electron chi connectivity index (χ2n) is 7.73. The number of rotatable bonds is 7. The maximum absolute atomic E-state index is 13.2. The molecule has 1 unspecified atom stereocenters. The van der Waals surface area contributed by atoms with E-state index in [1.807, 2.05) is 42.5 Å². The van der Waals surface area contributed by atoms with Crippen LogP contribution in [-0.2, 0) is 16.0 Å². The van der Waals surface area contributed by atoms with Gasteiger partial charge in [-0.1, -0.05) is 47.7 Å². The first-order valence-electron chi connectivity index (χ1n) is 10.5. The molecular weight excluding hydrogens is 423 g/mol. The van der Waals surface area contributed by atoms with Gasteiger partial charge in [0.05, 0.1) is 24.4 Å². The molecule has 1 amide bonds. The second kappa shape index (κ2) is 9.60. The van der Waals surface area contributed by atoms with Gasteiger partial charge in [0.25, 0.3) is 5.91 Å². The standard InChI is InChI=1S/C25H23FN4O3/c1-16-23(28-29-30(16)22-11-9-21(26)10-12-22)24(31)27-15-20(25(32)33-2)14-17-7-8-18-5-3-4-6-19(18)13-17/h3-13,20H,14-15H2,1-2H3,(H,27,31). The number of nitrogens with one attached hydrogen (secondary N) is 1. The largest absolute Gasteiger partial charge is 0.469 e. The summed E-state index contributed by atoms with van der Waals surface area (Å²) in [5, 5.41) is 12.9. The average molecular weight is 446 g/mol. The molecule has 3 aromatic carbocycles. The molecule has 8 heteroatoms. The normalized spacial score (nSPS) is 11.8. The van der Waals surface area contributed by atoms with Crippen molar-refractivity contribution < 1.29 is 18.7 Å². The molecule has 1 aromatic heterocycles. The number of methoxy groups -OCH3 is 1. The minimum atomic E-state index is -0.562. The maximum atomic E-state index is 13.2. The molecule has 0 saturated carbocycles. The van der Waals surface area contributed by atoms with Crippen molar-refractivity contribution in [2.75, 3.05) is 13.7 Å². The number of benzene rings is 3. The summed E-state index contributed by atoms with van der Waals surface area (Å²) in [4.78, 5) is 25.1. The first-order valence-corrected chi connectivity index (χ1v) is 10.5. The number of amides is 1. The van der Waals surface area contributed by atoms with E-state index >= 15 is 0 Å². The molecule has 1 atom stereocenters. The molecule has 4 aromatic rings. The second-order valence-corrected chi connectivity index (χ2v) is 7.73. The van der Waals surface area contributed by atoms with Crippen LogP contribution in [-0.4, -0.2) is 40.5 Å². The van der Waals surface area contributed by atoms with E-state index in [-0.39, 0.29) is 18.1 Å². The molecule has 0 aliphatic heterocycles. The number of carbonyl (C=O) groups excluding carboxylic acids is 2. The Labute approximate surface area is 190 Å². The fraction of sp³-hybridized carbons (Fsp3) is 0.200. The zero-order valence-electron chi connectivity index (χ0n) is 18.3. The Morgan fingerprint density at radius 3 is 2.52 bits per heavy atom. The fourth-order valence-electron chi connectivity index (χ4n) is 3.72. The number of fused-ring (bicyclic) bond motifs is 1. The van der Waals surface area contributed by atoms with Crippen LogP contribution in [0.1, 0.15) is 21.7 Å². The Bertz CT molecular complexity index is 1300. The quantitative estimate of drug-likeness (QED) is 0.438. The fourth-order valence-corrected chi connectivity index (χ4v) is 3.72. The van der Waals surface area contributed by atoms with Gasteiger partial charge in [-0.2, -0.15) is 0 Å². The van der Waals surface area contributed by atoms with Crippen LogP contribution in [0, 0.1) is 18.7 Å². The van der Waals surface area contributed by atoms with E-state index in [0.29, 0.717) is 17.8 Å². The lowest BCUT2D eigenvalue weighted by molar-refractivity contribution is -0.145. The van der Waals surface area contributed by atoms with Crippen LogP contribution in [0.15, 0.2) is 66.7 Å². The molecule has 4 rings (SSSR count). The summed E-state index contributed by atoms with van der Waals surface area (Å²) < 4.78 is 19.6. The van der Waals surface area contributed by atoms with Crippen molar-refractivity contribution in [2.24, 2.45) is 5.92 Å². The highest BCUT2D eigenvalue weighted by molar-refractivity contribution is 5.93. The summed E-state index contributed by atoms with van der Waals surface area (Å²) in [7, 11) is 1.33. The number of aromatic nitrogens is 3. The van der Waals surface area contributed by atoms with Crippen molar-refractivity contribution in [3.8, 4) is 5.69 Å². The summed E-state index contributed by atoms with van der Waals surface area (Å²) in [6.45, 7) is 1.78. The summed E-state index contributed by atoms with van der Waals surface area (Å²) in [6.07, 6.45) is 0.416. The van der Waals surface area contributed by atoms with Crippen molar-refractivity contribution in [1.82, 2.24) is 20.3 Å². The Morgan fingerprint density at radius 2 is 1.79 bits per heavy atom. The Balaban J connectivity index is 1.47. The number of halogens is 1. The molecule has 0 spiro atoms. The van der Waals surface area contributed by atoms with Gasteiger partial charge < -0.3 is 10.1 Å². The van der Waals surface area contributed by atoms with Gasteiger partial charge in [-0.3, -0.25) is 9.59 Å². The smallest absolute Gasteiger partial charge is 0.310 e. The van der Waals surface area contributed by atoms with Crippen LogP contribution in [0.25, 0.3) is 16.5 Å². The van der Waals surface area contributed by atoms with Gasteiger partial charge in [-0.15, -0.1) is 5.10 Å². The van der Waals surface area contributed by atoms with Gasteiger partial charge in [0, 0.05) is 6.54 Å². The number of hydrogen-bond acceptors (Lipinski definition) is 5. The molecule has 0 fully saturated rings. The lowest BCUT2D eigenvalue weighted by Crippen LogP contribution is -2.35. The number of carbonyl (C=O) groups is 2. The topological polar surface area (TPSA) is 86.1 Å². The monoisotopic (exact) mass is 446 g/mol. The highest BCUT2D eigenvalue weighted by Crippen LogP contribution is 2.19. The maximum Gasteiger partial charge on any atom is 0.310 e. The summed E-state index contributed by atoms with van der Waals surface area (Å²) in [6, 6.07) is 19.7. The van der Waals surface area contributed by atoms with E-state index in [9.17, 15) is 14.0 Å². The van der Waals surface area contributed by atoms with E-state index < -0.39 is 17.8 Å². The summed E-state index contributed by atoms with van der Waals surface area (Å²) in [5.41, 5.74) is 2.19. The highest BCUT2D eigenvalue weighted by atomic mass is 19.1. The molecule has 168 valence electrons. The third kappa shape index (κ3) is 4.90. The lowest BCUT2D eigenvalue weighted by Gasteiger charge is -2.16. The molecule has 7 nitrogen and oxygen atoms in total. The van der Waals surface area contributed by atoms with Gasteiger partial charge in [0.1, 0.15) is 5.82 Å². The van der Waals surface area contributed by atoms with E-state index in [4.69, 9.17) is 4.74 Å². The van der Waals surface area contributed by atoms with Gasteiger partial charge in [0.15, 0.2) is 5.69 Å². The van der Waals surface area contributed by atoms with E-state index in [2.05, 4.69) is 15.6 Å². The van der Waals surface area contributed by atoms with Crippen molar-refractivity contribution in [3.63, 3.8) is 0 Å². The summed E-state index contributed by atoms with van der Waals surface area (Å²) in [5.74, 6) is -1.79. The predicted octanol–water partition coefficient (Wildman–Crippen LogP) is 3.63. The molecule has 0 aliphatic carbocycles. The molecule has 0 radical (unpaired) electrons. The van der Waals surface area contributed by atoms with Crippen LogP contribution in [0.4, 0.5) is 4.39 Å². The number of ether oxygens (including phenoxy) is 1. The van der Waals surface area contributed by atoms with Crippen molar-refractivity contribution in [2.45, 2.75) is 13.3 Å². The number of esters is 1. The summed E-state index contributed by atoms with van der Waals surface area (Å²) >= 11 is 0. The van der Waals surface area contributed by atoms with E-state index in [0.717, 1.165) is 16.3 Å². The molecule has 33 heavy (non-hydrogen) atoms. The number of nitrogens with zero attached hydrogens (tertiary/aromatic N) is 3. The molecular formula is C25H23FN4O3. The van der Waals surface area contributed by atoms with Gasteiger partial charge in [0.2, 0.25) is 0 Å². The Kier molecular flexibility index (Phi) is 6.44. The van der Waals surface area contributed by atoms with Gasteiger partial charge in [-0.25, -0.2) is 9.07 Å². The van der Waals surface area contributed by atoms with Crippen molar-refractivity contribution in [1.29, 1.82) is 0 Å². The first kappa shape index (κ1) is 22.1. The number of hydrogen-bond donors (Lipinski definition) is 1. The third-order valence-electron chi connectivity index (χ3n) is 5.52. The van der Waals surface area contributed by atoms with Gasteiger partial charge in [-0.05, 0) is 53.9 Å². The molecule has 1 N–H and O–H groups in total. The SMILES string of the molecule is COC(=O)C(CNC(=O)c1nnn(-c2ccc(F)cc2)c1C)Cc1ccc2ccccc2c1. The van der Waals surface area contributed by atoms with Gasteiger partial charge >= 0.3 is 5.97 Å². The molecule has 0 saturated heterocycles. The first-order chi connectivity index (χ1) is 16.0. The average Bonchev–Trinajstić information content (AvgIpc) is 3.22. The minimum absolute atomic E-state index is 0.0845. The van der Waals surface area contributed by atoms with Crippen LogP contribution in [0.5, 0.6) is 0 Å². The molecule has 1 heterocycles. The minimum Gasteiger partial charge on any atom is -0.469 e. The molecule has 0 bridgehead atoms. The highest BCUT2D eigenvalue weighted by Gasteiger charge is 2.23. The Hall–Kier alpha value is -4.07. The van der Waals surface area contributed by atoms with Crippen molar-refractivity contribution >= 4 is 22.6 Å². The van der Waals surface area contributed by atoms with Crippen LogP contribution in [0.3, 0.4) is 0 Å². The van der Waals surface area contributed by atoms with E-state index in [1.165, 1.54) is 23.9 Å². The zero-order chi connectivity index (χ0) is 23.4.